The van der Waals surface area contributed by atoms with Crippen LogP contribution in [-0.4, -0.2) is 19.9 Å². The third-order valence-electron chi connectivity index (χ3n) is 15.9. The molecule has 0 spiro atoms. The second-order valence-electron chi connectivity index (χ2n) is 20.5. The summed E-state index contributed by atoms with van der Waals surface area (Å²) in [7, 11) is 0. The number of nitrogens with zero attached hydrogens (tertiary/aromatic N) is 2. The molecule has 4 nitrogen and oxygen atoms in total. The molecule has 15 aromatic rings. The Kier molecular flexibility index (Phi) is 7.97. The molecule has 2 N–H and O–H groups in total. The minimum atomic E-state index is 0.897. The summed E-state index contributed by atoms with van der Waals surface area (Å²) in [6.07, 6.45) is 8.37. The number of nitrogens with one attached hydrogen (secondary N) is 2. The van der Waals surface area contributed by atoms with Gasteiger partial charge in [-0.3, -0.25) is 0 Å². The molecule has 0 aliphatic carbocycles. The maximum absolute atomic E-state index is 5.24. The number of fused-ring (bicyclic) bond motifs is 20. The predicted molar refractivity (Wildman–Crippen MR) is 317 cm³/mol. The van der Waals surface area contributed by atoms with Crippen LogP contribution in [-0.2, 0) is 0 Å². The van der Waals surface area contributed by atoms with Crippen LogP contribution in [0.5, 0.6) is 0 Å². The van der Waals surface area contributed by atoms with E-state index in [9.17, 15) is 0 Å². The fraction of sp³-hybridized carbons (Fsp3) is 0. The Morgan fingerprint density at radius 1 is 0.243 bits per heavy atom. The standard InChI is InChI=1S/C70H40N4/c1-2-5-40-19-45-24-50-29-53-30-56-34-66-43(22-48(56)27-52(53)28-49(50)23-44(45)18-39(40)4-1)9-8-42-21-47-26-51-25-46-20-41-6-3-7-64(65(41)33-55(46)31-54(51)32-57(47)35-67(42)66)70-68-16-14-62(73-68)37-60-12-10-58(71-60)36-59-11-13-61(72-59)38-63-15-17-69(70)74-63/h1-38,71,74H. The fourth-order valence-corrected chi connectivity index (χ4v) is 12.3. The highest BCUT2D eigenvalue weighted by Crippen LogP contribution is 2.40. The van der Waals surface area contributed by atoms with Crippen LogP contribution in [0.3, 0.4) is 0 Å². The fourth-order valence-electron chi connectivity index (χ4n) is 12.3. The second-order valence-corrected chi connectivity index (χ2v) is 20.5. The Labute approximate surface area is 422 Å². The summed E-state index contributed by atoms with van der Waals surface area (Å²) in [5.74, 6) is 0. The Balaban J connectivity index is 0.809. The van der Waals surface area contributed by atoms with Crippen LogP contribution in [0.1, 0.15) is 22.8 Å². The summed E-state index contributed by atoms with van der Waals surface area (Å²) in [5, 5.41) is 27.5. The number of H-pyrrole nitrogens is 2. The lowest BCUT2D eigenvalue weighted by Crippen LogP contribution is -1.88. The lowest BCUT2D eigenvalue weighted by atomic mass is 9.92. The van der Waals surface area contributed by atoms with E-state index < -0.39 is 0 Å². The Morgan fingerprint density at radius 3 is 1.11 bits per heavy atom. The maximum Gasteiger partial charge on any atom is 0.0737 e. The molecular formula is C70H40N4. The van der Waals surface area contributed by atoms with Gasteiger partial charge < -0.3 is 9.97 Å². The molecule has 8 bridgehead atoms. The Hall–Kier alpha value is -9.90. The van der Waals surface area contributed by atoms with E-state index in [-0.39, 0.29) is 0 Å². The van der Waals surface area contributed by atoms with Crippen LogP contribution < -0.4 is 0 Å². The molecule has 0 saturated carbocycles. The van der Waals surface area contributed by atoms with Gasteiger partial charge in [-0.05, 0) is 300 Å². The summed E-state index contributed by atoms with van der Waals surface area (Å²) in [6, 6.07) is 77.3. The number of hydrogen-bond donors (Lipinski definition) is 2. The molecule has 0 atom stereocenters. The van der Waals surface area contributed by atoms with Crippen molar-refractivity contribution >= 4 is 165 Å². The number of aromatic nitrogens is 4. The molecule has 2 aliphatic heterocycles. The molecule has 340 valence electrons. The summed E-state index contributed by atoms with van der Waals surface area (Å²) >= 11 is 0. The van der Waals surface area contributed by atoms with Crippen LogP contribution >= 0.6 is 0 Å². The molecule has 74 heavy (non-hydrogen) atoms. The van der Waals surface area contributed by atoms with Gasteiger partial charge in [0.25, 0.3) is 0 Å². The topological polar surface area (TPSA) is 57.4 Å². The highest BCUT2D eigenvalue weighted by Gasteiger charge is 2.16. The van der Waals surface area contributed by atoms with E-state index in [1.807, 2.05) is 0 Å². The quantitative estimate of drug-likeness (QED) is 0.127. The first kappa shape index (κ1) is 39.8. The van der Waals surface area contributed by atoms with E-state index in [1.165, 1.54) is 118 Å². The average molecular weight is 937 g/mol. The lowest BCUT2D eigenvalue weighted by molar-refractivity contribution is 1.31. The van der Waals surface area contributed by atoms with Gasteiger partial charge in [0, 0.05) is 27.6 Å². The highest BCUT2D eigenvalue weighted by atomic mass is 14.8. The molecule has 0 fully saturated rings. The van der Waals surface area contributed by atoms with E-state index >= 15 is 0 Å². The zero-order valence-corrected chi connectivity index (χ0v) is 39.8. The molecule has 0 amide bonds. The first-order valence-electron chi connectivity index (χ1n) is 25.4. The lowest BCUT2D eigenvalue weighted by Gasteiger charge is -2.12. The molecule has 0 unspecified atom stereocenters. The van der Waals surface area contributed by atoms with Crippen LogP contribution in [0.25, 0.3) is 176 Å². The molecular weight excluding hydrogens is 897 g/mol. The van der Waals surface area contributed by atoms with Gasteiger partial charge >= 0.3 is 0 Å². The zero-order chi connectivity index (χ0) is 48.2. The zero-order valence-electron chi connectivity index (χ0n) is 39.8. The summed E-state index contributed by atoms with van der Waals surface area (Å²) in [6.45, 7) is 0. The van der Waals surface area contributed by atoms with Crippen molar-refractivity contribution in [2.45, 2.75) is 0 Å². The summed E-state index contributed by atoms with van der Waals surface area (Å²) < 4.78 is 0. The average Bonchev–Trinajstić information content (AvgIpc) is 4.26. The van der Waals surface area contributed by atoms with Crippen molar-refractivity contribution in [3.63, 3.8) is 0 Å². The SMILES string of the molecule is C1=Cc2cc3ccc([nH]3)c(-c3cccc4cc5cc6cc7cc8ccc9cc%10cc%11cc%12cc%13cc%14ccccc%14cc%13cc%12cc%11cc%10cc9c8cc7cc6cc5cc34)c3nc(cc4ccc(cc1n2)[nH]4)C=C3. The van der Waals surface area contributed by atoms with Crippen molar-refractivity contribution in [2.24, 2.45) is 0 Å². The van der Waals surface area contributed by atoms with E-state index in [4.69, 9.17) is 9.97 Å². The minimum absolute atomic E-state index is 0.897. The second kappa shape index (κ2) is 14.8. The van der Waals surface area contributed by atoms with Gasteiger partial charge in [0.1, 0.15) is 0 Å². The largest absolute Gasteiger partial charge is 0.355 e. The smallest absolute Gasteiger partial charge is 0.0737 e. The highest BCUT2D eigenvalue weighted by molar-refractivity contribution is 6.19. The molecule has 17 rings (SSSR count). The number of benzene rings is 12. The molecule has 12 aromatic carbocycles. The van der Waals surface area contributed by atoms with Gasteiger partial charge in [-0.25, -0.2) is 9.97 Å². The van der Waals surface area contributed by atoms with Crippen molar-refractivity contribution in [2.75, 3.05) is 0 Å². The number of hydrogen-bond acceptors (Lipinski definition) is 2. The number of aromatic amines is 2. The van der Waals surface area contributed by atoms with Crippen molar-refractivity contribution in [3.05, 3.63) is 229 Å². The van der Waals surface area contributed by atoms with Gasteiger partial charge in [-0.1, -0.05) is 54.6 Å². The van der Waals surface area contributed by atoms with Gasteiger partial charge in [-0.2, -0.15) is 0 Å². The van der Waals surface area contributed by atoms with Crippen LogP contribution in [0, 0.1) is 0 Å². The normalized spacial score (nSPS) is 12.8. The molecule has 2 aliphatic rings. The predicted octanol–water partition coefficient (Wildman–Crippen LogP) is 19.0. The summed E-state index contributed by atoms with van der Waals surface area (Å²) in [4.78, 5) is 17.4. The minimum Gasteiger partial charge on any atom is -0.355 e. The molecule has 0 radical (unpaired) electrons. The van der Waals surface area contributed by atoms with E-state index in [2.05, 4.69) is 241 Å². The first-order valence-corrected chi connectivity index (χ1v) is 25.4. The Bertz CT molecular complexity index is 5320. The van der Waals surface area contributed by atoms with Crippen LogP contribution in [0.15, 0.2) is 206 Å². The number of rotatable bonds is 1. The van der Waals surface area contributed by atoms with Gasteiger partial charge in [0.05, 0.1) is 22.8 Å². The van der Waals surface area contributed by atoms with Crippen molar-refractivity contribution in [1.29, 1.82) is 0 Å². The molecule has 3 aromatic heterocycles. The third kappa shape index (κ3) is 6.28. The first-order chi connectivity index (χ1) is 36.5. The summed E-state index contributed by atoms with van der Waals surface area (Å²) in [5.41, 5.74) is 9.80. The van der Waals surface area contributed by atoms with Gasteiger partial charge in [0.15, 0.2) is 0 Å². The van der Waals surface area contributed by atoms with Gasteiger partial charge in [-0.15, -0.1) is 0 Å². The van der Waals surface area contributed by atoms with E-state index in [0.29, 0.717) is 0 Å². The van der Waals surface area contributed by atoms with Crippen molar-refractivity contribution in [3.8, 4) is 11.1 Å². The molecule has 4 heteroatoms. The van der Waals surface area contributed by atoms with E-state index in [1.54, 1.807) is 0 Å². The van der Waals surface area contributed by atoms with Crippen LogP contribution in [0.2, 0.25) is 0 Å². The van der Waals surface area contributed by atoms with Crippen molar-refractivity contribution in [1.82, 2.24) is 19.9 Å². The maximum atomic E-state index is 5.24. The van der Waals surface area contributed by atoms with Gasteiger partial charge in [0.2, 0.25) is 0 Å². The van der Waals surface area contributed by atoms with Crippen molar-refractivity contribution < 1.29 is 0 Å². The van der Waals surface area contributed by atoms with E-state index in [0.717, 1.165) is 56.0 Å². The molecule has 5 heterocycles. The monoisotopic (exact) mass is 936 g/mol. The Morgan fingerprint density at radius 2 is 0.608 bits per heavy atom. The third-order valence-corrected chi connectivity index (χ3v) is 15.9. The molecule has 0 saturated heterocycles. The van der Waals surface area contributed by atoms with Crippen LogP contribution in [0.4, 0.5) is 0 Å².